The lowest BCUT2D eigenvalue weighted by Crippen LogP contribution is -2.50. The van der Waals surface area contributed by atoms with Crippen molar-refractivity contribution in [3.8, 4) is 5.69 Å². The first kappa shape index (κ1) is 21.0. The molecular formula is C25H27BClNO2. The summed E-state index contributed by atoms with van der Waals surface area (Å²) in [4.78, 5) is 0. The molecule has 3 nitrogen and oxygen atoms in total. The van der Waals surface area contributed by atoms with E-state index < -0.39 is 11.2 Å². The third kappa shape index (κ3) is 3.64. The van der Waals surface area contributed by atoms with Crippen LogP contribution in [-0.4, -0.2) is 30.4 Å². The van der Waals surface area contributed by atoms with E-state index in [2.05, 4.69) is 73.0 Å². The van der Waals surface area contributed by atoms with Crippen LogP contribution in [0.4, 0.5) is 0 Å². The standard InChI is InChI=1S/C25H27BClNO2/c1-24(2,29-5)25(3,4)30-26-17-14-18(27)16-19(15-17)28-22-12-8-6-10-20(22)21-11-7-9-13-23(21)28/h6-16,26H,1-5H3. The predicted molar refractivity (Wildman–Crippen MR) is 129 cm³/mol. The number of methoxy groups -OCH3 is 1. The minimum Gasteiger partial charge on any atom is -0.427 e. The first-order valence-corrected chi connectivity index (χ1v) is 10.6. The summed E-state index contributed by atoms with van der Waals surface area (Å²) in [6.07, 6.45) is 0. The van der Waals surface area contributed by atoms with Crippen molar-refractivity contribution in [1.29, 1.82) is 0 Å². The highest BCUT2D eigenvalue weighted by Crippen LogP contribution is 2.32. The van der Waals surface area contributed by atoms with Gasteiger partial charge in [-0.15, -0.1) is 0 Å². The molecule has 3 aromatic carbocycles. The molecule has 154 valence electrons. The molecule has 1 heterocycles. The smallest absolute Gasteiger partial charge is 0.309 e. The van der Waals surface area contributed by atoms with Crippen molar-refractivity contribution in [2.45, 2.75) is 38.9 Å². The van der Waals surface area contributed by atoms with Gasteiger partial charge in [0.25, 0.3) is 0 Å². The van der Waals surface area contributed by atoms with Crippen LogP contribution in [0.3, 0.4) is 0 Å². The van der Waals surface area contributed by atoms with Crippen LogP contribution in [0.2, 0.25) is 5.02 Å². The fraction of sp³-hybridized carbons (Fsp3) is 0.280. The Labute approximate surface area is 183 Å². The van der Waals surface area contributed by atoms with Crippen molar-refractivity contribution in [2.24, 2.45) is 0 Å². The number of hydrogen-bond donors (Lipinski definition) is 0. The minimum absolute atomic E-state index is 0.415. The van der Waals surface area contributed by atoms with E-state index in [0.717, 1.165) is 22.2 Å². The number of hydrogen-bond acceptors (Lipinski definition) is 2. The van der Waals surface area contributed by atoms with Crippen molar-refractivity contribution < 1.29 is 9.39 Å². The van der Waals surface area contributed by atoms with E-state index in [9.17, 15) is 0 Å². The lowest BCUT2D eigenvalue weighted by molar-refractivity contribution is -0.114. The zero-order valence-electron chi connectivity index (χ0n) is 18.2. The lowest BCUT2D eigenvalue weighted by Gasteiger charge is -2.40. The maximum Gasteiger partial charge on any atom is 0.309 e. The summed E-state index contributed by atoms with van der Waals surface area (Å²) in [6, 6.07) is 23.1. The molecular weight excluding hydrogens is 393 g/mol. The molecule has 0 amide bonds. The molecule has 5 heteroatoms. The zero-order chi connectivity index (χ0) is 21.5. The second-order valence-corrected chi connectivity index (χ2v) is 9.14. The first-order chi connectivity index (χ1) is 14.2. The maximum absolute atomic E-state index is 6.54. The van der Waals surface area contributed by atoms with Gasteiger partial charge in [-0.05, 0) is 63.5 Å². The second kappa shape index (κ2) is 7.77. The number of ether oxygens (including phenoxy) is 1. The van der Waals surface area contributed by atoms with Gasteiger partial charge in [0, 0.05) is 28.6 Å². The summed E-state index contributed by atoms with van der Waals surface area (Å²) in [7, 11) is 2.16. The summed E-state index contributed by atoms with van der Waals surface area (Å²) < 4.78 is 14.2. The van der Waals surface area contributed by atoms with Gasteiger partial charge in [-0.3, -0.25) is 0 Å². The molecule has 1 aromatic heterocycles. The molecule has 0 saturated carbocycles. The van der Waals surface area contributed by atoms with Crippen LogP contribution in [0.1, 0.15) is 27.7 Å². The van der Waals surface area contributed by atoms with Gasteiger partial charge in [-0.1, -0.05) is 48.0 Å². The Morgan fingerprint density at radius 1 is 0.800 bits per heavy atom. The van der Waals surface area contributed by atoms with Crippen molar-refractivity contribution in [3.05, 3.63) is 71.8 Å². The van der Waals surface area contributed by atoms with Gasteiger partial charge in [0.15, 0.2) is 0 Å². The average molecular weight is 420 g/mol. The summed E-state index contributed by atoms with van der Waals surface area (Å²) in [5, 5.41) is 3.15. The van der Waals surface area contributed by atoms with Gasteiger partial charge in [0.05, 0.1) is 22.2 Å². The molecule has 30 heavy (non-hydrogen) atoms. The Balaban J connectivity index is 1.78. The number of benzene rings is 3. The van der Waals surface area contributed by atoms with Gasteiger partial charge in [-0.2, -0.15) is 0 Å². The third-order valence-corrected chi connectivity index (χ3v) is 6.56. The molecule has 4 aromatic rings. The van der Waals surface area contributed by atoms with Crippen LogP contribution in [0, 0.1) is 0 Å². The van der Waals surface area contributed by atoms with Crippen molar-refractivity contribution in [2.75, 3.05) is 7.11 Å². The van der Waals surface area contributed by atoms with E-state index >= 15 is 0 Å². The van der Waals surface area contributed by atoms with Gasteiger partial charge in [0.2, 0.25) is 0 Å². The summed E-state index contributed by atoms with van der Waals surface area (Å²) in [5.74, 6) is 0. The van der Waals surface area contributed by atoms with Crippen LogP contribution < -0.4 is 5.46 Å². The number of rotatable bonds is 6. The summed E-state index contributed by atoms with van der Waals surface area (Å²) in [5.41, 5.74) is 3.50. The Hall–Kier alpha value is -2.27. The number of aromatic nitrogens is 1. The highest BCUT2D eigenvalue weighted by Gasteiger charge is 2.37. The molecule has 0 spiro atoms. The van der Waals surface area contributed by atoms with Gasteiger partial charge < -0.3 is 14.0 Å². The molecule has 0 unspecified atom stereocenters. The lowest BCUT2D eigenvalue weighted by atomic mass is 9.82. The Morgan fingerprint density at radius 2 is 1.37 bits per heavy atom. The SMILES string of the molecule is COC(C)(C)C(C)(C)OBc1cc(Cl)cc(-n2c3ccccc3c3ccccc32)c1. The Bertz CT molecular complexity index is 1160. The molecule has 0 aliphatic carbocycles. The molecule has 0 fully saturated rings. The fourth-order valence-corrected chi connectivity index (χ4v) is 3.98. The van der Waals surface area contributed by atoms with Gasteiger partial charge in [0.1, 0.15) is 0 Å². The quantitative estimate of drug-likeness (QED) is 0.378. The van der Waals surface area contributed by atoms with Crippen molar-refractivity contribution in [3.63, 3.8) is 0 Å². The monoisotopic (exact) mass is 419 g/mol. The molecule has 4 rings (SSSR count). The number of fused-ring (bicyclic) bond motifs is 3. The van der Waals surface area contributed by atoms with Crippen LogP contribution in [0.15, 0.2) is 66.7 Å². The van der Waals surface area contributed by atoms with E-state index in [4.69, 9.17) is 21.0 Å². The van der Waals surface area contributed by atoms with Gasteiger partial charge in [-0.25, -0.2) is 0 Å². The number of para-hydroxylation sites is 2. The molecule has 0 aliphatic rings. The predicted octanol–water partition coefficient (Wildman–Crippen LogP) is 5.63. The third-order valence-electron chi connectivity index (χ3n) is 6.34. The number of halogens is 1. The highest BCUT2D eigenvalue weighted by molar-refractivity contribution is 6.48. The largest absolute Gasteiger partial charge is 0.427 e. The molecule has 0 aliphatic heterocycles. The maximum atomic E-state index is 6.54. The molecule has 0 radical (unpaired) electrons. The first-order valence-electron chi connectivity index (χ1n) is 10.2. The topological polar surface area (TPSA) is 23.4 Å². The summed E-state index contributed by atoms with van der Waals surface area (Å²) >= 11 is 6.54. The zero-order valence-corrected chi connectivity index (χ0v) is 19.0. The van der Waals surface area contributed by atoms with Crippen LogP contribution in [0.25, 0.3) is 27.5 Å². The molecule has 0 atom stereocenters. The normalized spacial score (nSPS) is 12.6. The average Bonchev–Trinajstić information content (AvgIpc) is 3.06. The Morgan fingerprint density at radius 3 is 1.93 bits per heavy atom. The van der Waals surface area contributed by atoms with Crippen LogP contribution >= 0.6 is 11.6 Å². The van der Waals surface area contributed by atoms with Gasteiger partial charge >= 0.3 is 7.48 Å². The van der Waals surface area contributed by atoms with E-state index in [1.807, 2.05) is 26.0 Å². The second-order valence-electron chi connectivity index (χ2n) is 8.70. The highest BCUT2D eigenvalue weighted by atomic mass is 35.5. The summed E-state index contributed by atoms with van der Waals surface area (Å²) in [6.45, 7) is 8.17. The minimum atomic E-state index is -0.461. The Kier molecular flexibility index (Phi) is 5.44. The fourth-order valence-electron chi connectivity index (χ4n) is 3.73. The van der Waals surface area contributed by atoms with E-state index in [1.165, 1.54) is 10.8 Å². The number of nitrogens with zero attached hydrogens (tertiary/aromatic N) is 1. The van der Waals surface area contributed by atoms with E-state index in [-0.39, 0.29) is 0 Å². The van der Waals surface area contributed by atoms with Crippen molar-refractivity contribution in [1.82, 2.24) is 4.57 Å². The molecule has 0 bridgehead atoms. The van der Waals surface area contributed by atoms with Crippen LogP contribution in [-0.2, 0) is 9.39 Å². The van der Waals surface area contributed by atoms with E-state index in [1.54, 1.807) is 7.11 Å². The molecule has 0 saturated heterocycles. The molecule has 0 N–H and O–H groups in total. The van der Waals surface area contributed by atoms with Crippen LogP contribution in [0.5, 0.6) is 0 Å². The van der Waals surface area contributed by atoms with E-state index in [0.29, 0.717) is 12.5 Å². The van der Waals surface area contributed by atoms with Crippen molar-refractivity contribution >= 4 is 46.4 Å².